The van der Waals surface area contributed by atoms with Crippen LogP contribution in [0.4, 0.5) is 0 Å². The van der Waals surface area contributed by atoms with Crippen LogP contribution in [-0.2, 0) is 9.53 Å². The third-order valence-corrected chi connectivity index (χ3v) is 2.63. The molecular weight excluding hydrogens is 222 g/mol. The molecule has 0 N–H and O–H groups in total. The summed E-state index contributed by atoms with van der Waals surface area (Å²) in [5.41, 5.74) is 0.906. The number of thiophene rings is 1. The summed E-state index contributed by atoms with van der Waals surface area (Å²) in [6.07, 6.45) is 3.33. The predicted octanol–water partition coefficient (Wildman–Crippen LogP) is 3.00. The number of nitrogens with zero attached hydrogens (tertiary/aromatic N) is 1. The van der Waals surface area contributed by atoms with E-state index in [1.54, 1.807) is 6.08 Å². The van der Waals surface area contributed by atoms with Crippen LogP contribution in [0.1, 0.15) is 25.3 Å². The van der Waals surface area contributed by atoms with E-state index in [0.717, 1.165) is 18.4 Å². The van der Waals surface area contributed by atoms with Crippen LogP contribution in [0.25, 0.3) is 6.08 Å². The highest BCUT2D eigenvalue weighted by molar-refractivity contribution is 7.08. The molecule has 1 aromatic heterocycles. The van der Waals surface area contributed by atoms with E-state index in [9.17, 15) is 4.79 Å². The summed E-state index contributed by atoms with van der Waals surface area (Å²) < 4.78 is 4.96. The fraction of sp³-hybridized carbons (Fsp3) is 0.333. The Labute approximate surface area is 99.0 Å². The van der Waals surface area contributed by atoms with E-state index in [4.69, 9.17) is 10.00 Å². The smallest absolute Gasteiger partial charge is 0.348 e. The molecule has 0 aliphatic rings. The normalized spacial score (nSPS) is 10.9. The first-order valence-electron chi connectivity index (χ1n) is 5.09. The molecule has 0 amide bonds. The molecule has 0 bridgehead atoms. The minimum absolute atomic E-state index is 0.0505. The fourth-order valence-corrected chi connectivity index (χ4v) is 1.67. The second-order valence-corrected chi connectivity index (χ2v) is 4.00. The van der Waals surface area contributed by atoms with Crippen molar-refractivity contribution < 1.29 is 9.53 Å². The van der Waals surface area contributed by atoms with Crippen LogP contribution < -0.4 is 0 Å². The molecule has 0 fully saturated rings. The van der Waals surface area contributed by atoms with Crippen molar-refractivity contribution in [1.82, 2.24) is 0 Å². The zero-order chi connectivity index (χ0) is 11.8. The van der Waals surface area contributed by atoms with Crippen molar-refractivity contribution in [1.29, 1.82) is 5.26 Å². The maximum Gasteiger partial charge on any atom is 0.348 e. The van der Waals surface area contributed by atoms with Crippen LogP contribution in [0, 0.1) is 11.3 Å². The zero-order valence-electron chi connectivity index (χ0n) is 9.10. The average molecular weight is 235 g/mol. The van der Waals surface area contributed by atoms with Crippen LogP contribution in [-0.4, -0.2) is 12.6 Å². The van der Waals surface area contributed by atoms with E-state index in [-0.39, 0.29) is 5.57 Å². The molecule has 0 saturated heterocycles. The number of rotatable bonds is 5. The van der Waals surface area contributed by atoms with Gasteiger partial charge in [0.25, 0.3) is 0 Å². The summed E-state index contributed by atoms with van der Waals surface area (Å²) in [5, 5.41) is 12.6. The van der Waals surface area contributed by atoms with Crippen molar-refractivity contribution in [3.05, 3.63) is 28.0 Å². The summed E-state index contributed by atoms with van der Waals surface area (Å²) in [7, 11) is 0. The molecule has 4 heteroatoms. The SMILES string of the molecule is CCCCOC(=O)/C(C#N)=C\c1ccsc1. The Bertz CT molecular complexity index is 401. The minimum Gasteiger partial charge on any atom is -0.462 e. The third-order valence-electron chi connectivity index (χ3n) is 1.93. The van der Waals surface area contributed by atoms with Crippen molar-refractivity contribution in [2.75, 3.05) is 6.61 Å². The van der Waals surface area contributed by atoms with Gasteiger partial charge in [-0.05, 0) is 34.9 Å². The lowest BCUT2D eigenvalue weighted by atomic mass is 10.2. The summed E-state index contributed by atoms with van der Waals surface area (Å²) in [5.74, 6) is -0.540. The first-order valence-corrected chi connectivity index (χ1v) is 6.03. The van der Waals surface area contributed by atoms with Crippen LogP contribution in [0.2, 0.25) is 0 Å². The summed E-state index contributed by atoms with van der Waals surface area (Å²) in [6.45, 7) is 2.39. The standard InChI is InChI=1S/C12H13NO2S/c1-2-3-5-15-12(14)11(8-13)7-10-4-6-16-9-10/h4,6-7,9H,2-3,5H2,1H3/b11-7-. The maximum atomic E-state index is 11.5. The number of hydrogen-bond acceptors (Lipinski definition) is 4. The average Bonchev–Trinajstić information content (AvgIpc) is 2.78. The zero-order valence-corrected chi connectivity index (χ0v) is 9.92. The van der Waals surface area contributed by atoms with Crippen LogP contribution >= 0.6 is 11.3 Å². The Kier molecular flexibility index (Phi) is 5.30. The number of ether oxygens (including phenoxy) is 1. The van der Waals surface area contributed by atoms with Crippen LogP contribution in [0.15, 0.2) is 22.4 Å². The van der Waals surface area contributed by atoms with E-state index < -0.39 is 5.97 Å². The van der Waals surface area contributed by atoms with Crippen molar-refractivity contribution in [3.63, 3.8) is 0 Å². The quantitative estimate of drug-likeness (QED) is 0.341. The van der Waals surface area contributed by atoms with Gasteiger partial charge in [-0.1, -0.05) is 13.3 Å². The van der Waals surface area contributed by atoms with E-state index in [1.165, 1.54) is 11.3 Å². The van der Waals surface area contributed by atoms with Crippen molar-refractivity contribution >= 4 is 23.4 Å². The Morgan fingerprint density at radius 3 is 3.06 bits per heavy atom. The largest absolute Gasteiger partial charge is 0.462 e. The van der Waals surface area contributed by atoms with Gasteiger partial charge in [0.15, 0.2) is 0 Å². The van der Waals surface area contributed by atoms with Gasteiger partial charge in [-0.2, -0.15) is 16.6 Å². The molecule has 0 aliphatic carbocycles. The highest BCUT2D eigenvalue weighted by Gasteiger charge is 2.10. The number of nitriles is 1. The topological polar surface area (TPSA) is 50.1 Å². The molecule has 16 heavy (non-hydrogen) atoms. The van der Waals surface area contributed by atoms with E-state index in [2.05, 4.69) is 0 Å². The van der Waals surface area contributed by atoms with Gasteiger partial charge < -0.3 is 4.74 Å². The van der Waals surface area contributed by atoms with Crippen LogP contribution in [0.3, 0.4) is 0 Å². The Morgan fingerprint density at radius 2 is 2.50 bits per heavy atom. The summed E-state index contributed by atoms with van der Waals surface area (Å²) in [6, 6.07) is 3.71. The monoisotopic (exact) mass is 235 g/mol. The van der Waals surface area contributed by atoms with E-state index in [1.807, 2.05) is 29.8 Å². The molecule has 1 rings (SSSR count). The lowest BCUT2D eigenvalue weighted by Crippen LogP contribution is -2.07. The maximum absolute atomic E-state index is 11.5. The van der Waals surface area contributed by atoms with Gasteiger partial charge in [0.1, 0.15) is 11.6 Å². The van der Waals surface area contributed by atoms with E-state index in [0.29, 0.717) is 6.61 Å². The molecule has 1 aromatic rings. The number of carbonyl (C=O) groups is 1. The molecule has 0 atom stereocenters. The number of unbranched alkanes of at least 4 members (excludes halogenated alkanes) is 1. The second-order valence-electron chi connectivity index (χ2n) is 3.22. The van der Waals surface area contributed by atoms with E-state index >= 15 is 0 Å². The fourth-order valence-electron chi connectivity index (χ4n) is 1.05. The molecule has 0 unspecified atom stereocenters. The Balaban J connectivity index is 2.61. The highest BCUT2D eigenvalue weighted by atomic mass is 32.1. The van der Waals surface area contributed by atoms with Crippen LogP contribution in [0.5, 0.6) is 0 Å². The Morgan fingerprint density at radius 1 is 1.69 bits per heavy atom. The minimum atomic E-state index is -0.540. The first-order chi connectivity index (χ1) is 7.77. The van der Waals surface area contributed by atoms with Gasteiger partial charge in [-0.3, -0.25) is 0 Å². The molecule has 0 saturated carbocycles. The van der Waals surface area contributed by atoms with Gasteiger partial charge in [-0.25, -0.2) is 4.79 Å². The first kappa shape index (κ1) is 12.5. The van der Waals surface area contributed by atoms with Gasteiger partial charge in [0, 0.05) is 0 Å². The molecule has 84 valence electrons. The number of hydrogen-bond donors (Lipinski definition) is 0. The molecule has 0 spiro atoms. The van der Waals surface area contributed by atoms with Gasteiger partial charge in [0.05, 0.1) is 6.61 Å². The lowest BCUT2D eigenvalue weighted by molar-refractivity contribution is -0.138. The molecular formula is C12H13NO2S. The third kappa shape index (κ3) is 3.87. The lowest BCUT2D eigenvalue weighted by Gasteiger charge is -2.01. The van der Waals surface area contributed by atoms with Gasteiger partial charge >= 0.3 is 5.97 Å². The molecule has 0 aliphatic heterocycles. The van der Waals surface area contributed by atoms with Crippen molar-refractivity contribution in [3.8, 4) is 6.07 Å². The van der Waals surface area contributed by atoms with Crippen molar-refractivity contribution in [2.45, 2.75) is 19.8 Å². The van der Waals surface area contributed by atoms with Gasteiger partial charge in [0.2, 0.25) is 0 Å². The predicted molar refractivity (Wildman–Crippen MR) is 63.8 cm³/mol. The molecule has 0 radical (unpaired) electrons. The summed E-state index contributed by atoms with van der Waals surface area (Å²) in [4.78, 5) is 11.5. The highest BCUT2D eigenvalue weighted by Crippen LogP contribution is 2.11. The molecule has 3 nitrogen and oxygen atoms in total. The Hall–Kier alpha value is -1.60. The summed E-state index contributed by atoms with van der Waals surface area (Å²) >= 11 is 1.52. The molecule has 1 heterocycles. The van der Waals surface area contributed by atoms with Crippen molar-refractivity contribution in [2.24, 2.45) is 0 Å². The van der Waals surface area contributed by atoms with Gasteiger partial charge in [-0.15, -0.1) is 0 Å². The second kappa shape index (κ2) is 6.81. The number of carbonyl (C=O) groups excluding carboxylic acids is 1. The number of esters is 1. The molecule has 0 aromatic carbocycles.